The molecule has 0 aliphatic rings. The van der Waals surface area contributed by atoms with Crippen LogP contribution in [0, 0.1) is 0 Å². The van der Waals surface area contributed by atoms with Gasteiger partial charge < -0.3 is 24.8 Å². The molecular formula is C10H11AlCl2. The summed E-state index contributed by atoms with van der Waals surface area (Å²) in [6.07, 6.45) is 5.41. The second kappa shape index (κ2) is 10.2. The topological polar surface area (TPSA) is 0 Å². The van der Waals surface area contributed by atoms with Gasteiger partial charge in [-0.3, -0.25) is 0 Å². The normalized spacial score (nSPS) is 9.08. The summed E-state index contributed by atoms with van der Waals surface area (Å²) >= 11 is 2.68. The van der Waals surface area contributed by atoms with Crippen LogP contribution in [0.25, 0.3) is 0 Å². The third-order valence-electron chi connectivity index (χ3n) is 1.50. The van der Waals surface area contributed by atoms with Crippen LogP contribution in [0.3, 0.4) is 0 Å². The van der Waals surface area contributed by atoms with E-state index < -0.39 is 0 Å². The molecule has 0 N–H and O–H groups in total. The summed E-state index contributed by atoms with van der Waals surface area (Å²) in [6, 6.07) is 10.5. The molecule has 0 nitrogen and oxygen atoms in total. The summed E-state index contributed by atoms with van der Waals surface area (Å²) in [5.41, 5.74) is 1.38. The minimum absolute atomic E-state index is 0. The second-order valence-corrected chi connectivity index (χ2v) is 2.87. The van der Waals surface area contributed by atoms with E-state index in [1.807, 2.05) is 6.07 Å². The molecule has 0 saturated carbocycles. The van der Waals surface area contributed by atoms with Gasteiger partial charge in [0.2, 0.25) is 0 Å². The van der Waals surface area contributed by atoms with Crippen LogP contribution in [-0.4, -0.2) is 16.3 Å². The molecule has 13 heavy (non-hydrogen) atoms. The molecule has 1 rings (SSSR count). The van der Waals surface area contributed by atoms with E-state index in [0.29, 0.717) is 0 Å². The van der Waals surface area contributed by atoms with Crippen molar-refractivity contribution in [2.45, 2.75) is 11.7 Å². The molecule has 0 atom stereocenters. The van der Waals surface area contributed by atoms with Crippen LogP contribution in [0.2, 0.25) is 5.28 Å². The van der Waals surface area contributed by atoms with Crippen molar-refractivity contribution in [2.75, 3.05) is 0 Å². The Hall–Kier alpha value is 0.0725. The van der Waals surface area contributed by atoms with Crippen molar-refractivity contribution in [3.05, 3.63) is 48.0 Å². The van der Waals surface area contributed by atoms with Crippen LogP contribution in [0.15, 0.2) is 42.5 Å². The fourth-order valence-corrected chi connectivity index (χ4v) is 1.12. The first-order valence-corrected chi connectivity index (χ1v) is 4.64. The number of rotatable bonds is 3. The third-order valence-corrected chi connectivity index (χ3v) is 1.77. The van der Waals surface area contributed by atoms with Crippen LogP contribution < -0.4 is 24.8 Å². The standard InChI is InChI=1S/C10H11.Al.2ClH/c1-2-3-7-10-8-5-4-6-9-10;;;/h2-6,8-9H,1,7H2;;2*1H/q;+2;;/p-2. The zero-order chi connectivity index (χ0) is 7.94. The van der Waals surface area contributed by atoms with Crippen LogP contribution >= 0.6 is 0 Å². The van der Waals surface area contributed by atoms with Crippen molar-refractivity contribution in [1.29, 1.82) is 0 Å². The van der Waals surface area contributed by atoms with E-state index in [2.05, 4.69) is 52.7 Å². The van der Waals surface area contributed by atoms with Crippen molar-refractivity contribution in [3.8, 4) is 0 Å². The molecule has 0 saturated heterocycles. The summed E-state index contributed by atoms with van der Waals surface area (Å²) in [4.78, 5) is 0. The fraction of sp³-hybridized carbons (Fsp3) is 0.200. The van der Waals surface area contributed by atoms with E-state index in [0.717, 1.165) is 11.7 Å². The number of halogens is 2. The molecule has 0 bridgehead atoms. The maximum atomic E-state index is 2.68. The Labute approximate surface area is 101 Å². The Morgan fingerprint density at radius 3 is 2.15 bits per heavy atom. The number of hydrogen-bond acceptors (Lipinski definition) is 0. The van der Waals surface area contributed by atoms with Gasteiger partial charge in [0.15, 0.2) is 0 Å². The van der Waals surface area contributed by atoms with E-state index in [1.54, 1.807) is 0 Å². The van der Waals surface area contributed by atoms with Gasteiger partial charge in [-0.25, -0.2) is 0 Å². The molecule has 68 valence electrons. The number of benzene rings is 1. The molecule has 0 aliphatic heterocycles. The van der Waals surface area contributed by atoms with Crippen molar-refractivity contribution >= 4 is 16.3 Å². The van der Waals surface area contributed by atoms with Crippen molar-refractivity contribution in [3.63, 3.8) is 0 Å². The van der Waals surface area contributed by atoms with Crippen LogP contribution in [-0.2, 0) is 6.42 Å². The Balaban J connectivity index is 0. The molecule has 1 aromatic carbocycles. The van der Waals surface area contributed by atoms with Gasteiger partial charge in [0.05, 0.1) is 0 Å². The SMILES string of the molecule is [Al+2][CH2]C=CCc1ccccc1.[Cl-].[Cl-]. The molecular weight excluding hydrogens is 218 g/mol. The zero-order valence-electron chi connectivity index (χ0n) is 7.29. The van der Waals surface area contributed by atoms with Gasteiger partial charge in [0, 0.05) is 0 Å². The first-order chi connectivity index (χ1) is 5.43. The summed E-state index contributed by atoms with van der Waals surface area (Å²) < 4.78 is 0. The predicted octanol–water partition coefficient (Wildman–Crippen LogP) is -3.62. The van der Waals surface area contributed by atoms with Crippen LogP contribution in [0.4, 0.5) is 0 Å². The minimum atomic E-state index is 0. The Morgan fingerprint density at radius 2 is 1.62 bits per heavy atom. The van der Waals surface area contributed by atoms with E-state index in [-0.39, 0.29) is 24.8 Å². The molecule has 0 heterocycles. The first kappa shape index (κ1) is 15.5. The summed E-state index contributed by atoms with van der Waals surface area (Å²) in [5, 5.41) is 1.05. The Morgan fingerprint density at radius 1 is 1.00 bits per heavy atom. The molecule has 1 aromatic rings. The predicted molar refractivity (Wildman–Crippen MR) is 49.8 cm³/mol. The molecule has 0 radical (unpaired) electrons. The molecule has 3 heteroatoms. The van der Waals surface area contributed by atoms with Crippen molar-refractivity contribution in [2.24, 2.45) is 0 Å². The smallest absolute Gasteiger partial charge is 1.00 e. The Kier molecular flexibility index (Phi) is 12.1. The summed E-state index contributed by atoms with van der Waals surface area (Å²) in [7, 11) is 0. The molecule has 0 aliphatic carbocycles. The average molecular weight is 229 g/mol. The van der Waals surface area contributed by atoms with Gasteiger partial charge in [-0.1, -0.05) is 0 Å². The second-order valence-electron chi connectivity index (χ2n) is 2.40. The summed E-state index contributed by atoms with van der Waals surface area (Å²) in [6.45, 7) is 0. The molecule has 0 unspecified atom stereocenters. The van der Waals surface area contributed by atoms with E-state index in [1.165, 1.54) is 5.56 Å². The maximum absolute atomic E-state index is 2.68. The van der Waals surface area contributed by atoms with Gasteiger partial charge in [0.25, 0.3) is 0 Å². The van der Waals surface area contributed by atoms with Gasteiger partial charge >= 0.3 is 76.0 Å². The fourth-order valence-electron chi connectivity index (χ4n) is 0.930. The van der Waals surface area contributed by atoms with Crippen molar-refractivity contribution < 1.29 is 24.8 Å². The van der Waals surface area contributed by atoms with E-state index in [4.69, 9.17) is 0 Å². The van der Waals surface area contributed by atoms with Gasteiger partial charge in [-0.15, -0.1) is 0 Å². The summed E-state index contributed by atoms with van der Waals surface area (Å²) in [5.74, 6) is 0. The maximum Gasteiger partial charge on any atom is -1.00 e. The third kappa shape index (κ3) is 7.17. The number of hydrogen-bond donors (Lipinski definition) is 0. The van der Waals surface area contributed by atoms with Gasteiger partial charge in [0.1, 0.15) is 0 Å². The monoisotopic (exact) mass is 228 g/mol. The average Bonchev–Trinajstić information content (AvgIpc) is 2.07. The molecule has 0 spiro atoms. The molecule has 0 fully saturated rings. The van der Waals surface area contributed by atoms with Gasteiger partial charge in [-0.05, 0) is 0 Å². The van der Waals surface area contributed by atoms with E-state index >= 15 is 0 Å². The van der Waals surface area contributed by atoms with Gasteiger partial charge in [-0.2, -0.15) is 0 Å². The largest absolute Gasteiger partial charge is 1.00 e. The Bertz CT molecular complexity index is 222. The first-order valence-electron chi connectivity index (χ1n) is 3.82. The number of allylic oxidation sites excluding steroid dienone is 2. The van der Waals surface area contributed by atoms with Crippen LogP contribution in [0.5, 0.6) is 0 Å². The zero-order valence-corrected chi connectivity index (χ0v) is 9.96. The van der Waals surface area contributed by atoms with Crippen molar-refractivity contribution in [1.82, 2.24) is 0 Å². The van der Waals surface area contributed by atoms with Crippen LogP contribution in [0.1, 0.15) is 5.56 Å². The molecule has 0 aromatic heterocycles. The minimum Gasteiger partial charge on any atom is -1.00 e. The molecule has 0 amide bonds. The van der Waals surface area contributed by atoms with E-state index in [9.17, 15) is 0 Å². The quantitative estimate of drug-likeness (QED) is 0.371.